The first-order valence-corrected chi connectivity index (χ1v) is 10.3. The van der Waals surface area contributed by atoms with Crippen molar-refractivity contribution in [1.82, 2.24) is 14.5 Å². The number of ether oxygens (including phenoxy) is 1. The number of hydrogen-bond donors (Lipinski definition) is 0. The van der Waals surface area contributed by atoms with Gasteiger partial charge in [-0.15, -0.1) is 0 Å². The molecule has 1 saturated heterocycles. The summed E-state index contributed by atoms with van der Waals surface area (Å²) < 4.78 is 7.18. The molecular formula is C24H27N3O2. The Balaban J connectivity index is 1.61. The largest absolute Gasteiger partial charge is 0.497 e. The fourth-order valence-corrected chi connectivity index (χ4v) is 4.07. The van der Waals surface area contributed by atoms with Crippen molar-refractivity contribution in [2.45, 2.75) is 38.6 Å². The number of hydrogen-bond acceptors (Lipinski definition) is 3. The van der Waals surface area contributed by atoms with Crippen LogP contribution < -0.4 is 4.74 Å². The number of methoxy groups -OCH3 is 1. The van der Waals surface area contributed by atoms with E-state index in [4.69, 9.17) is 9.84 Å². The van der Waals surface area contributed by atoms with Crippen molar-refractivity contribution in [1.29, 1.82) is 0 Å². The molecule has 0 bridgehead atoms. The molecule has 0 aliphatic carbocycles. The second-order valence-electron chi connectivity index (χ2n) is 7.48. The topological polar surface area (TPSA) is 46.8 Å². The second kappa shape index (κ2) is 8.52. The fraction of sp³-hybridized carbons (Fsp3) is 0.333. The summed E-state index contributed by atoms with van der Waals surface area (Å²) in [5.74, 6) is 0.906. The van der Waals surface area contributed by atoms with Crippen molar-refractivity contribution in [3.63, 3.8) is 0 Å². The minimum Gasteiger partial charge on any atom is -0.497 e. The van der Waals surface area contributed by atoms with E-state index in [0.717, 1.165) is 53.9 Å². The molecule has 1 amide bonds. The van der Waals surface area contributed by atoms with Crippen LogP contribution in [0.5, 0.6) is 5.75 Å². The number of amides is 1. The molecule has 1 atom stereocenters. The van der Waals surface area contributed by atoms with Crippen LogP contribution in [-0.4, -0.2) is 40.1 Å². The first-order valence-electron chi connectivity index (χ1n) is 10.3. The Morgan fingerprint density at radius 3 is 2.97 bits per heavy atom. The molecule has 29 heavy (non-hydrogen) atoms. The van der Waals surface area contributed by atoms with E-state index in [9.17, 15) is 4.79 Å². The molecule has 3 aromatic rings. The molecule has 150 valence electrons. The molecule has 3 heterocycles. The summed E-state index contributed by atoms with van der Waals surface area (Å²) in [6, 6.07) is 14.3. The van der Waals surface area contributed by atoms with Crippen LogP contribution >= 0.6 is 0 Å². The van der Waals surface area contributed by atoms with Crippen molar-refractivity contribution in [2.24, 2.45) is 0 Å². The van der Waals surface area contributed by atoms with Crippen LogP contribution in [-0.2, 0) is 4.79 Å². The normalized spacial score (nSPS) is 17.2. The first kappa shape index (κ1) is 19.2. The van der Waals surface area contributed by atoms with E-state index in [1.54, 1.807) is 13.2 Å². The first-order chi connectivity index (χ1) is 14.2. The molecule has 0 N–H and O–H groups in total. The van der Waals surface area contributed by atoms with Crippen molar-refractivity contribution < 1.29 is 9.53 Å². The molecule has 1 unspecified atom stereocenters. The maximum Gasteiger partial charge on any atom is 0.246 e. The summed E-state index contributed by atoms with van der Waals surface area (Å²) in [5.41, 5.74) is 3.82. The fourth-order valence-electron chi connectivity index (χ4n) is 4.07. The molecule has 1 aliphatic rings. The molecule has 4 rings (SSSR count). The summed E-state index contributed by atoms with van der Waals surface area (Å²) in [6.45, 7) is 3.02. The third kappa shape index (κ3) is 4.04. The van der Waals surface area contributed by atoms with E-state index in [-0.39, 0.29) is 5.91 Å². The highest BCUT2D eigenvalue weighted by Crippen LogP contribution is 2.26. The van der Waals surface area contributed by atoms with Gasteiger partial charge in [0.05, 0.1) is 18.3 Å². The predicted octanol–water partition coefficient (Wildman–Crippen LogP) is 4.81. The molecule has 0 spiro atoms. The zero-order valence-corrected chi connectivity index (χ0v) is 17.0. The van der Waals surface area contributed by atoms with Crippen LogP contribution in [0.3, 0.4) is 0 Å². The monoisotopic (exact) mass is 389 g/mol. The lowest BCUT2D eigenvalue weighted by Gasteiger charge is -2.34. The lowest BCUT2D eigenvalue weighted by Crippen LogP contribution is -2.42. The number of aromatic nitrogens is 2. The van der Waals surface area contributed by atoms with Gasteiger partial charge in [-0.1, -0.05) is 25.1 Å². The van der Waals surface area contributed by atoms with Crippen LogP contribution in [0, 0.1) is 0 Å². The molecule has 0 saturated carbocycles. The Hall–Kier alpha value is -3.08. The SMILES string of the molecule is CCC1CCCCN1C(=O)C=Cc1cccn2nc(-c3cccc(OC)c3)cc12. The van der Waals surface area contributed by atoms with Crippen LogP contribution in [0.15, 0.2) is 54.7 Å². The van der Waals surface area contributed by atoms with Gasteiger partial charge in [0.2, 0.25) is 5.91 Å². The lowest BCUT2D eigenvalue weighted by molar-refractivity contribution is -0.129. The van der Waals surface area contributed by atoms with Gasteiger partial charge >= 0.3 is 0 Å². The van der Waals surface area contributed by atoms with E-state index >= 15 is 0 Å². The van der Waals surface area contributed by atoms with Gasteiger partial charge in [-0.2, -0.15) is 5.10 Å². The van der Waals surface area contributed by atoms with Gasteiger partial charge in [-0.3, -0.25) is 4.79 Å². The van der Waals surface area contributed by atoms with Crippen LogP contribution in [0.4, 0.5) is 0 Å². The van der Waals surface area contributed by atoms with Gasteiger partial charge < -0.3 is 9.64 Å². The van der Waals surface area contributed by atoms with Gasteiger partial charge in [0.15, 0.2) is 0 Å². The number of pyridine rings is 1. The van der Waals surface area contributed by atoms with Gasteiger partial charge in [0.25, 0.3) is 0 Å². The average molecular weight is 389 g/mol. The predicted molar refractivity (Wildman–Crippen MR) is 116 cm³/mol. The maximum absolute atomic E-state index is 12.8. The molecule has 1 aliphatic heterocycles. The number of fused-ring (bicyclic) bond motifs is 1. The number of nitrogens with zero attached hydrogens (tertiary/aromatic N) is 3. The summed E-state index contributed by atoms with van der Waals surface area (Å²) in [4.78, 5) is 14.8. The van der Waals surface area contributed by atoms with E-state index < -0.39 is 0 Å². The van der Waals surface area contributed by atoms with Gasteiger partial charge in [-0.05, 0) is 56.0 Å². The quantitative estimate of drug-likeness (QED) is 0.588. The Labute approximate surface area is 171 Å². The third-order valence-corrected chi connectivity index (χ3v) is 5.69. The zero-order chi connectivity index (χ0) is 20.2. The van der Waals surface area contributed by atoms with Crippen LogP contribution in [0.2, 0.25) is 0 Å². The standard InChI is InChI=1S/C24H27N3O2/c1-3-20-10-4-5-14-26(20)24(28)13-12-18-9-7-15-27-23(18)17-22(25-27)19-8-6-11-21(16-19)29-2/h6-9,11-13,15-17,20H,3-5,10,14H2,1-2H3. The summed E-state index contributed by atoms with van der Waals surface area (Å²) in [7, 11) is 1.66. The number of carbonyl (C=O) groups excluding carboxylic acids is 1. The molecular weight excluding hydrogens is 362 g/mol. The minimum absolute atomic E-state index is 0.103. The highest BCUT2D eigenvalue weighted by molar-refractivity contribution is 5.93. The number of rotatable bonds is 5. The Morgan fingerprint density at radius 1 is 1.24 bits per heavy atom. The zero-order valence-electron chi connectivity index (χ0n) is 17.0. The molecule has 5 nitrogen and oxygen atoms in total. The van der Waals surface area contributed by atoms with Gasteiger partial charge in [-0.25, -0.2) is 4.52 Å². The third-order valence-electron chi connectivity index (χ3n) is 5.69. The molecule has 2 aromatic heterocycles. The Bertz CT molecular complexity index is 1040. The number of carbonyl (C=O) groups is 1. The van der Waals surface area contributed by atoms with Gasteiger partial charge in [0.1, 0.15) is 5.75 Å². The van der Waals surface area contributed by atoms with Crippen molar-refractivity contribution >= 4 is 17.5 Å². The van der Waals surface area contributed by atoms with Crippen molar-refractivity contribution in [3.8, 4) is 17.0 Å². The van der Waals surface area contributed by atoms with Crippen LogP contribution in [0.25, 0.3) is 22.9 Å². The minimum atomic E-state index is 0.103. The van der Waals surface area contributed by atoms with Crippen molar-refractivity contribution in [3.05, 3.63) is 60.3 Å². The Kier molecular flexibility index (Phi) is 5.65. The average Bonchev–Trinajstić information content (AvgIpc) is 3.22. The summed E-state index contributed by atoms with van der Waals surface area (Å²) >= 11 is 0. The molecule has 0 radical (unpaired) electrons. The number of piperidine rings is 1. The number of likely N-dealkylation sites (tertiary alicyclic amines) is 1. The van der Waals surface area contributed by atoms with Crippen molar-refractivity contribution in [2.75, 3.05) is 13.7 Å². The molecule has 1 aromatic carbocycles. The van der Waals surface area contributed by atoms with Gasteiger partial charge in [0, 0.05) is 36.0 Å². The molecule has 1 fully saturated rings. The summed E-state index contributed by atoms with van der Waals surface area (Å²) in [6.07, 6.45) is 9.99. The summed E-state index contributed by atoms with van der Waals surface area (Å²) in [5, 5.41) is 4.69. The number of benzene rings is 1. The highest BCUT2D eigenvalue weighted by atomic mass is 16.5. The van der Waals surface area contributed by atoms with E-state index in [1.165, 1.54) is 6.42 Å². The maximum atomic E-state index is 12.8. The molecule has 5 heteroatoms. The van der Waals surface area contributed by atoms with E-state index in [1.807, 2.05) is 58.1 Å². The van der Waals surface area contributed by atoms with E-state index in [2.05, 4.69) is 13.0 Å². The van der Waals surface area contributed by atoms with E-state index in [0.29, 0.717) is 6.04 Å². The van der Waals surface area contributed by atoms with Crippen LogP contribution in [0.1, 0.15) is 38.2 Å². The Morgan fingerprint density at radius 2 is 2.14 bits per heavy atom. The lowest BCUT2D eigenvalue weighted by atomic mass is 10.00. The highest BCUT2D eigenvalue weighted by Gasteiger charge is 2.23. The second-order valence-corrected chi connectivity index (χ2v) is 7.48. The smallest absolute Gasteiger partial charge is 0.246 e.